The Hall–Kier alpha value is -2.86. The van der Waals surface area contributed by atoms with Gasteiger partial charge in [-0.25, -0.2) is 9.79 Å². The van der Waals surface area contributed by atoms with Gasteiger partial charge in [0.1, 0.15) is 23.3 Å². The van der Waals surface area contributed by atoms with Crippen molar-refractivity contribution in [2.45, 2.75) is 19.9 Å². The lowest BCUT2D eigenvalue weighted by Gasteiger charge is -2.26. The molecule has 1 aliphatic rings. The topological polar surface area (TPSA) is 92.3 Å². The number of benzene rings is 1. The van der Waals surface area contributed by atoms with Gasteiger partial charge in [0.2, 0.25) is 0 Å². The second-order valence-electron chi connectivity index (χ2n) is 7.05. The Morgan fingerprint density at radius 1 is 1.27 bits per heavy atom. The minimum atomic E-state index is -0.802. The molecule has 0 saturated carbocycles. The number of halogens is 1. The third kappa shape index (κ3) is 4.36. The number of aromatic nitrogens is 1. The first-order valence-corrected chi connectivity index (χ1v) is 11.9. The molecule has 4 rings (SSSR count). The summed E-state index contributed by atoms with van der Waals surface area (Å²) in [6, 6.07) is 8.06. The van der Waals surface area contributed by atoms with E-state index in [1.165, 1.54) is 23.0 Å². The maximum atomic E-state index is 13.6. The van der Waals surface area contributed by atoms with Crippen LogP contribution in [0.3, 0.4) is 0 Å². The molecule has 0 N–H and O–H groups in total. The molecule has 2 aromatic heterocycles. The normalized spacial score (nSPS) is 15.8. The van der Waals surface area contributed by atoms with Gasteiger partial charge in [0.05, 0.1) is 36.6 Å². The molecule has 8 nitrogen and oxygen atoms in total. The van der Waals surface area contributed by atoms with Gasteiger partial charge in [0.25, 0.3) is 5.56 Å². The Labute approximate surface area is 206 Å². The lowest BCUT2D eigenvalue weighted by Crippen LogP contribution is -2.40. The maximum absolute atomic E-state index is 13.6. The van der Waals surface area contributed by atoms with Crippen molar-refractivity contribution in [3.05, 3.63) is 76.4 Å². The largest absolute Gasteiger partial charge is 0.497 e. The van der Waals surface area contributed by atoms with E-state index in [-0.39, 0.29) is 17.7 Å². The molecule has 0 saturated heterocycles. The number of esters is 1. The SMILES string of the molecule is CCOC(=O)C1=C(C)N=c2s/c(=C/c3ccc(I)o3)c(=O)n2[C@H]1c1cc(OC)ccc1OC. The molecule has 0 fully saturated rings. The zero-order chi connectivity index (χ0) is 23.7. The summed E-state index contributed by atoms with van der Waals surface area (Å²) >= 11 is 3.29. The number of carbonyl (C=O) groups is 1. The van der Waals surface area contributed by atoms with Gasteiger partial charge in [-0.1, -0.05) is 11.3 Å². The van der Waals surface area contributed by atoms with Crippen LogP contribution in [-0.4, -0.2) is 31.4 Å². The van der Waals surface area contributed by atoms with Crippen LogP contribution in [-0.2, 0) is 9.53 Å². The third-order valence-electron chi connectivity index (χ3n) is 5.12. The number of carbonyl (C=O) groups excluding carboxylic acids is 1. The first-order valence-electron chi connectivity index (χ1n) is 10.0. The van der Waals surface area contributed by atoms with Gasteiger partial charge in [-0.3, -0.25) is 9.36 Å². The highest BCUT2D eigenvalue weighted by Crippen LogP contribution is 2.37. The van der Waals surface area contributed by atoms with Gasteiger partial charge in [-0.05, 0) is 66.8 Å². The fourth-order valence-electron chi connectivity index (χ4n) is 3.67. The standard InChI is InChI=1S/C23H21IN2O6S/c1-5-31-22(28)19-12(2)25-23-26(20(19)15-10-13(29-3)6-8-16(15)30-4)21(27)17(33-23)11-14-7-9-18(24)32-14/h6-11,20H,5H2,1-4H3/b17-11+/t20-/m0/s1. The van der Waals surface area contributed by atoms with Crippen LogP contribution in [0.15, 0.2) is 55.8 Å². The number of furan rings is 1. The molecule has 0 unspecified atom stereocenters. The number of ether oxygens (including phenoxy) is 3. The predicted molar refractivity (Wildman–Crippen MR) is 131 cm³/mol. The van der Waals surface area contributed by atoms with Crippen LogP contribution >= 0.6 is 33.9 Å². The van der Waals surface area contributed by atoms with Gasteiger partial charge >= 0.3 is 5.97 Å². The minimum absolute atomic E-state index is 0.194. The average Bonchev–Trinajstić information content (AvgIpc) is 3.34. The highest BCUT2D eigenvalue weighted by atomic mass is 127. The van der Waals surface area contributed by atoms with Gasteiger partial charge in [-0.2, -0.15) is 0 Å². The lowest BCUT2D eigenvalue weighted by molar-refractivity contribution is -0.139. The van der Waals surface area contributed by atoms with Gasteiger partial charge in [0, 0.05) is 11.6 Å². The summed E-state index contributed by atoms with van der Waals surface area (Å²) in [4.78, 5) is 31.6. The molecule has 1 atom stereocenters. The van der Waals surface area contributed by atoms with Crippen molar-refractivity contribution in [1.82, 2.24) is 4.57 Å². The van der Waals surface area contributed by atoms with E-state index >= 15 is 0 Å². The number of fused-ring (bicyclic) bond motifs is 1. The monoisotopic (exact) mass is 580 g/mol. The van der Waals surface area contributed by atoms with Crippen LogP contribution in [0.5, 0.6) is 11.5 Å². The quantitative estimate of drug-likeness (QED) is 0.329. The fourth-order valence-corrected chi connectivity index (χ4v) is 5.13. The smallest absolute Gasteiger partial charge is 0.338 e. The van der Waals surface area contributed by atoms with Crippen LogP contribution in [0.4, 0.5) is 0 Å². The number of rotatable bonds is 6. The van der Waals surface area contributed by atoms with Gasteiger partial charge in [0.15, 0.2) is 8.57 Å². The molecule has 0 bridgehead atoms. The van der Waals surface area contributed by atoms with Crippen molar-refractivity contribution in [2.24, 2.45) is 4.99 Å². The molecule has 0 aliphatic carbocycles. The van der Waals surface area contributed by atoms with Crippen molar-refractivity contribution < 1.29 is 23.4 Å². The van der Waals surface area contributed by atoms with Crippen molar-refractivity contribution in [1.29, 1.82) is 0 Å². The van der Waals surface area contributed by atoms with E-state index in [2.05, 4.69) is 27.6 Å². The summed E-state index contributed by atoms with van der Waals surface area (Å²) in [6.07, 6.45) is 1.68. The molecule has 1 aromatic carbocycles. The van der Waals surface area contributed by atoms with Crippen LogP contribution < -0.4 is 24.4 Å². The Morgan fingerprint density at radius 2 is 2.06 bits per heavy atom. The molecular formula is C23H21IN2O6S. The summed E-state index contributed by atoms with van der Waals surface area (Å²) < 4.78 is 24.6. The van der Waals surface area contributed by atoms with E-state index in [0.29, 0.717) is 41.6 Å². The average molecular weight is 580 g/mol. The van der Waals surface area contributed by atoms with Crippen molar-refractivity contribution in [3.8, 4) is 11.5 Å². The highest BCUT2D eigenvalue weighted by molar-refractivity contribution is 14.1. The van der Waals surface area contributed by atoms with Gasteiger partial charge in [-0.15, -0.1) is 0 Å². The first-order chi connectivity index (χ1) is 15.9. The van der Waals surface area contributed by atoms with Crippen molar-refractivity contribution >= 4 is 46.0 Å². The molecule has 33 heavy (non-hydrogen) atoms. The number of hydrogen-bond acceptors (Lipinski definition) is 8. The van der Waals surface area contributed by atoms with E-state index in [1.54, 1.807) is 51.3 Å². The minimum Gasteiger partial charge on any atom is -0.497 e. The Bertz CT molecular complexity index is 1430. The second-order valence-corrected chi connectivity index (χ2v) is 9.12. The zero-order valence-electron chi connectivity index (χ0n) is 18.4. The van der Waals surface area contributed by atoms with E-state index in [9.17, 15) is 9.59 Å². The van der Waals surface area contributed by atoms with Gasteiger partial charge < -0.3 is 18.6 Å². The summed E-state index contributed by atoms with van der Waals surface area (Å²) in [5, 5.41) is 0. The summed E-state index contributed by atoms with van der Waals surface area (Å²) in [6.45, 7) is 3.66. The number of allylic oxidation sites excluding steroid dienone is 1. The summed E-state index contributed by atoms with van der Waals surface area (Å²) in [5.74, 6) is 1.09. The molecule has 10 heteroatoms. The number of methoxy groups -OCH3 is 2. The van der Waals surface area contributed by atoms with E-state index in [0.717, 1.165) is 0 Å². The molecule has 0 radical (unpaired) electrons. The van der Waals surface area contributed by atoms with Crippen LogP contribution in [0.2, 0.25) is 0 Å². The summed E-state index contributed by atoms with van der Waals surface area (Å²) in [7, 11) is 3.09. The van der Waals surface area contributed by atoms with Crippen molar-refractivity contribution in [2.75, 3.05) is 20.8 Å². The third-order valence-corrected chi connectivity index (χ3v) is 6.68. The Morgan fingerprint density at radius 3 is 2.70 bits per heavy atom. The number of thiazole rings is 1. The predicted octanol–water partition coefficient (Wildman–Crippen LogP) is 3.01. The lowest BCUT2D eigenvalue weighted by atomic mass is 9.95. The fraction of sp³-hybridized carbons (Fsp3) is 0.261. The molecule has 0 amide bonds. The molecule has 1 aliphatic heterocycles. The molecule has 0 spiro atoms. The maximum Gasteiger partial charge on any atom is 0.338 e. The van der Waals surface area contributed by atoms with E-state index < -0.39 is 12.0 Å². The highest BCUT2D eigenvalue weighted by Gasteiger charge is 2.35. The summed E-state index contributed by atoms with van der Waals surface area (Å²) in [5.41, 5.74) is 1.04. The van der Waals surface area contributed by atoms with Crippen LogP contribution in [0, 0.1) is 3.77 Å². The molecular weight excluding hydrogens is 559 g/mol. The zero-order valence-corrected chi connectivity index (χ0v) is 21.4. The van der Waals surface area contributed by atoms with E-state index in [4.69, 9.17) is 18.6 Å². The van der Waals surface area contributed by atoms with Crippen LogP contribution in [0.25, 0.3) is 6.08 Å². The Balaban J connectivity index is 2.02. The van der Waals surface area contributed by atoms with Crippen molar-refractivity contribution in [3.63, 3.8) is 0 Å². The number of hydrogen-bond donors (Lipinski definition) is 0. The number of nitrogens with zero attached hydrogens (tertiary/aromatic N) is 2. The molecule has 172 valence electrons. The molecule has 3 aromatic rings. The Kier molecular flexibility index (Phi) is 6.75. The molecule has 3 heterocycles. The second kappa shape index (κ2) is 9.56. The van der Waals surface area contributed by atoms with Crippen LogP contribution in [0.1, 0.15) is 31.2 Å². The first kappa shape index (κ1) is 23.3. The van der Waals surface area contributed by atoms with E-state index in [1.807, 2.05) is 6.07 Å².